The van der Waals surface area contributed by atoms with Gasteiger partial charge in [0.05, 0.1) is 12.3 Å². The van der Waals surface area contributed by atoms with E-state index in [4.69, 9.17) is 20.6 Å². The van der Waals surface area contributed by atoms with E-state index in [-0.39, 0.29) is 12.3 Å². The number of carboxylic acids is 1. The lowest BCUT2D eigenvalue weighted by atomic mass is 10.1. The fraction of sp³-hybridized carbons (Fsp3) is 0.538. The normalized spacial score (nSPS) is 13.0. The smallest absolute Gasteiger partial charge is 0.469 e. The summed E-state index contributed by atoms with van der Waals surface area (Å²) in [5.41, 5.74) is 6.53. The number of carboxylic acid groups (broad SMARTS) is 1. The first-order valence-electron chi connectivity index (χ1n) is 7.17. The molecule has 0 spiro atoms. The van der Waals surface area contributed by atoms with Crippen LogP contribution in [-0.4, -0.2) is 43.5 Å². The zero-order valence-corrected chi connectivity index (χ0v) is 14.1. The molecule has 0 bridgehead atoms. The lowest BCUT2D eigenvalue weighted by Crippen LogP contribution is -2.31. The minimum Gasteiger partial charge on any atom is -0.506 e. The summed E-state index contributed by atoms with van der Waals surface area (Å²) in [4.78, 5) is 32.1. The largest absolute Gasteiger partial charge is 0.506 e. The van der Waals surface area contributed by atoms with Gasteiger partial charge in [-0.15, -0.1) is 0 Å². The van der Waals surface area contributed by atoms with Crippen LogP contribution in [0.1, 0.15) is 29.7 Å². The van der Waals surface area contributed by atoms with Gasteiger partial charge >= 0.3 is 13.8 Å². The molecule has 24 heavy (non-hydrogen) atoms. The molecule has 1 heterocycles. The zero-order chi connectivity index (χ0) is 18.3. The topological polar surface area (TPSA) is 175 Å². The van der Waals surface area contributed by atoms with Crippen LogP contribution in [0.4, 0.5) is 0 Å². The fourth-order valence-corrected chi connectivity index (χ4v) is 2.25. The molecule has 0 radical (unpaired) electrons. The number of aliphatic carboxylic acids is 1. The van der Waals surface area contributed by atoms with E-state index in [0.717, 1.165) is 0 Å². The quantitative estimate of drug-likeness (QED) is 0.245. The number of pyridine rings is 1. The van der Waals surface area contributed by atoms with Crippen LogP contribution in [0.5, 0.6) is 5.75 Å². The Morgan fingerprint density at radius 1 is 1.50 bits per heavy atom. The molecule has 0 aliphatic carbocycles. The molecule has 0 amide bonds. The number of hydrogen-bond donors (Lipinski definition) is 6. The van der Waals surface area contributed by atoms with Gasteiger partial charge in [0.15, 0.2) is 0 Å². The first-order chi connectivity index (χ1) is 11.1. The highest BCUT2D eigenvalue weighted by Crippen LogP contribution is 2.38. The number of nitrogens with two attached hydrogens (primary N) is 1. The Hall–Kier alpha value is -1.55. The molecule has 0 aliphatic rings. The number of nitrogens with zero attached hydrogens (tertiary/aromatic N) is 1. The Kier molecular flexibility index (Phi) is 7.74. The highest BCUT2D eigenvalue weighted by atomic mass is 31.2. The van der Waals surface area contributed by atoms with Crippen molar-refractivity contribution in [3.05, 3.63) is 23.0 Å². The predicted molar refractivity (Wildman–Crippen MR) is 84.0 cm³/mol. The number of rotatable bonds is 10. The van der Waals surface area contributed by atoms with E-state index in [2.05, 4.69) is 14.8 Å². The van der Waals surface area contributed by atoms with E-state index in [1.165, 1.54) is 6.20 Å². The molecule has 11 heteroatoms. The van der Waals surface area contributed by atoms with Crippen molar-refractivity contribution in [1.82, 2.24) is 10.3 Å². The second kappa shape index (κ2) is 9.07. The molecule has 7 N–H and O–H groups in total. The second-order valence-electron chi connectivity index (χ2n) is 5.22. The van der Waals surface area contributed by atoms with Gasteiger partial charge in [0.25, 0.3) is 0 Å². The van der Waals surface area contributed by atoms with Crippen molar-refractivity contribution in [2.75, 3.05) is 6.54 Å². The van der Waals surface area contributed by atoms with Crippen molar-refractivity contribution in [2.45, 2.75) is 39.0 Å². The molecule has 0 saturated heterocycles. The van der Waals surface area contributed by atoms with Gasteiger partial charge in [-0.25, -0.2) is 4.57 Å². The van der Waals surface area contributed by atoms with E-state index in [9.17, 15) is 14.5 Å². The van der Waals surface area contributed by atoms with Gasteiger partial charge in [0, 0.05) is 23.9 Å². The van der Waals surface area contributed by atoms with Gasteiger partial charge in [-0.2, -0.15) is 0 Å². The molecule has 136 valence electrons. The summed E-state index contributed by atoms with van der Waals surface area (Å²) < 4.78 is 15.2. The lowest BCUT2D eigenvalue weighted by molar-refractivity contribution is -0.138. The van der Waals surface area contributed by atoms with Crippen LogP contribution in [-0.2, 0) is 27.0 Å². The van der Waals surface area contributed by atoms with Gasteiger partial charge in [0.2, 0.25) is 0 Å². The second-order valence-corrected chi connectivity index (χ2v) is 6.46. The van der Waals surface area contributed by atoms with Gasteiger partial charge in [0.1, 0.15) is 11.8 Å². The van der Waals surface area contributed by atoms with Crippen LogP contribution < -0.4 is 11.1 Å². The number of nitrogens with one attached hydrogen (secondary N) is 1. The number of aromatic nitrogens is 1. The zero-order valence-electron chi connectivity index (χ0n) is 13.2. The minimum absolute atomic E-state index is 0.0865. The summed E-state index contributed by atoms with van der Waals surface area (Å²) in [5.74, 6) is -1.15. The van der Waals surface area contributed by atoms with Crippen LogP contribution in [0.15, 0.2) is 6.20 Å². The number of phosphoric acid groups is 1. The van der Waals surface area contributed by atoms with Gasteiger partial charge in [-0.3, -0.25) is 14.3 Å². The molecular formula is C13H22N3O7P. The Morgan fingerprint density at radius 2 is 2.17 bits per heavy atom. The predicted octanol–water partition coefficient (Wildman–Crippen LogP) is -0.0134. The van der Waals surface area contributed by atoms with E-state index in [0.29, 0.717) is 36.2 Å². The van der Waals surface area contributed by atoms with Gasteiger partial charge in [-0.1, -0.05) is 0 Å². The molecule has 0 aliphatic heterocycles. The maximum Gasteiger partial charge on any atom is 0.469 e. The van der Waals surface area contributed by atoms with E-state index in [1.807, 2.05) is 0 Å². The molecule has 0 fully saturated rings. The molecule has 0 unspecified atom stereocenters. The van der Waals surface area contributed by atoms with Crippen LogP contribution in [0.2, 0.25) is 0 Å². The summed E-state index contributed by atoms with van der Waals surface area (Å²) >= 11 is 0. The van der Waals surface area contributed by atoms with Crippen molar-refractivity contribution >= 4 is 13.8 Å². The minimum atomic E-state index is -4.63. The Bertz CT molecular complexity index is 620. The first kappa shape index (κ1) is 20.5. The molecule has 0 aromatic carbocycles. The summed E-state index contributed by atoms with van der Waals surface area (Å²) in [7, 11) is -4.63. The molecule has 1 aromatic heterocycles. The monoisotopic (exact) mass is 363 g/mol. The van der Waals surface area contributed by atoms with Gasteiger partial charge < -0.3 is 31.1 Å². The standard InChI is InChI=1S/C13H22N3O7P/c1-8-12(17)10(6-15-4-2-3-11(14)13(18)19)9(5-16-8)7-23-24(20,21)22/h5,11,15,17H,2-4,6-7,14H2,1H3,(H,18,19)(H2,20,21,22)/t11-/m0/s1. The third-order valence-electron chi connectivity index (χ3n) is 3.31. The number of hydrogen-bond acceptors (Lipinski definition) is 7. The molecule has 1 atom stereocenters. The highest BCUT2D eigenvalue weighted by molar-refractivity contribution is 7.46. The van der Waals surface area contributed by atoms with Crippen LogP contribution in [0.25, 0.3) is 0 Å². The van der Waals surface area contributed by atoms with Crippen molar-refractivity contribution in [3.63, 3.8) is 0 Å². The van der Waals surface area contributed by atoms with Crippen molar-refractivity contribution in [3.8, 4) is 5.75 Å². The first-order valence-corrected chi connectivity index (χ1v) is 8.70. The third-order valence-corrected chi connectivity index (χ3v) is 3.77. The number of aryl methyl sites for hydroxylation is 1. The maximum atomic E-state index is 10.8. The number of carbonyl (C=O) groups is 1. The summed E-state index contributed by atoms with van der Waals surface area (Å²) in [6.07, 6.45) is 2.20. The van der Waals surface area contributed by atoms with E-state index >= 15 is 0 Å². The summed E-state index contributed by atoms with van der Waals surface area (Å²) in [6, 6.07) is -0.921. The van der Waals surface area contributed by atoms with E-state index in [1.54, 1.807) is 6.92 Å². The SMILES string of the molecule is Cc1ncc(COP(=O)(O)O)c(CNCCC[C@H](N)C(=O)O)c1O. The Morgan fingerprint density at radius 3 is 2.75 bits per heavy atom. The van der Waals surface area contributed by atoms with Gasteiger partial charge in [-0.05, 0) is 26.3 Å². The lowest BCUT2D eigenvalue weighted by Gasteiger charge is -2.14. The molecular weight excluding hydrogens is 341 g/mol. The summed E-state index contributed by atoms with van der Waals surface area (Å²) in [5, 5.41) is 21.8. The fourth-order valence-electron chi connectivity index (χ4n) is 1.94. The maximum absolute atomic E-state index is 10.8. The number of aromatic hydroxyl groups is 1. The molecule has 10 nitrogen and oxygen atoms in total. The average molecular weight is 363 g/mol. The van der Waals surface area contributed by atoms with Crippen molar-refractivity contribution in [2.24, 2.45) is 5.73 Å². The van der Waals surface area contributed by atoms with Crippen molar-refractivity contribution in [1.29, 1.82) is 0 Å². The van der Waals surface area contributed by atoms with Crippen LogP contribution in [0.3, 0.4) is 0 Å². The Balaban J connectivity index is 2.63. The van der Waals surface area contributed by atoms with Crippen LogP contribution >= 0.6 is 7.82 Å². The molecule has 1 rings (SSSR count). The number of phosphoric ester groups is 1. The van der Waals surface area contributed by atoms with Crippen LogP contribution in [0, 0.1) is 6.92 Å². The molecule has 0 saturated carbocycles. The van der Waals surface area contributed by atoms with Crippen molar-refractivity contribution < 1.29 is 33.9 Å². The summed E-state index contributed by atoms with van der Waals surface area (Å²) in [6.45, 7) is 1.86. The van der Waals surface area contributed by atoms with E-state index < -0.39 is 26.4 Å². The third kappa shape index (κ3) is 6.91. The Labute approximate surface area is 138 Å². The highest BCUT2D eigenvalue weighted by Gasteiger charge is 2.18. The molecule has 1 aromatic rings. The average Bonchev–Trinajstić information content (AvgIpc) is 2.48.